The standard InChI is InChI=1S/C49H29N7O/c1-50-38-20-11-19-36(29-38)31-23-25-35(26-24-31)47-52-46(34-17-9-4-10-18-34)55-49(56-47)39-21-12-22-42-43(39)40-30-37(27-28-41(40)57-42)48-53-44(32-13-5-2-6-14-32)51-45(54-48)33-15-7-3-8-16-33/h2-30H. The highest BCUT2D eigenvalue weighted by Gasteiger charge is 2.20. The molecule has 0 saturated heterocycles. The van der Waals surface area contributed by atoms with Gasteiger partial charge in [-0.3, -0.25) is 0 Å². The van der Waals surface area contributed by atoms with Crippen LogP contribution in [0.15, 0.2) is 180 Å². The molecule has 0 saturated carbocycles. The summed E-state index contributed by atoms with van der Waals surface area (Å²) in [7, 11) is 0. The van der Waals surface area contributed by atoms with Gasteiger partial charge in [-0.1, -0.05) is 146 Å². The predicted octanol–water partition coefficient (Wildman–Crippen LogP) is 12.2. The van der Waals surface area contributed by atoms with Gasteiger partial charge in [0.05, 0.1) is 6.57 Å². The molecule has 0 unspecified atom stereocenters. The number of hydrogen-bond donors (Lipinski definition) is 0. The van der Waals surface area contributed by atoms with Gasteiger partial charge in [0.2, 0.25) is 0 Å². The van der Waals surface area contributed by atoms with Crippen molar-refractivity contribution in [2.24, 2.45) is 0 Å². The SMILES string of the molecule is [C-]#[N+]c1cccc(-c2ccc(-c3nc(-c4ccccc4)nc(-c4cccc5oc6ccc(-c7nc(-c8ccccc8)nc(-c8ccccc8)n7)cc6c45)n3)cc2)c1. The van der Waals surface area contributed by atoms with E-state index in [2.05, 4.69) is 10.9 Å². The normalized spacial score (nSPS) is 11.1. The molecule has 8 heteroatoms. The number of hydrogen-bond acceptors (Lipinski definition) is 7. The van der Waals surface area contributed by atoms with Gasteiger partial charge in [-0.15, -0.1) is 0 Å². The van der Waals surface area contributed by atoms with E-state index in [4.69, 9.17) is 40.9 Å². The monoisotopic (exact) mass is 731 g/mol. The summed E-state index contributed by atoms with van der Waals surface area (Å²) in [6.07, 6.45) is 0. The van der Waals surface area contributed by atoms with Crippen LogP contribution < -0.4 is 0 Å². The molecule has 0 atom stereocenters. The van der Waals surface area contributed by atoms with E-state index in [1.165, 1.54) is 0 Å². The summed E-state index contributed by atoms with van der Waals surface area (Å²) >= 11 is 0. The van der Waals surface area contributed by atoms with Crippen LogP contribution in [0.5, 0.6) is 0 Å². The van der Waals surface area contributed by atoms with Gasteiger partial charge in [0, 0.05) is 44.2 Å². The lowest BCUT2D eigenvalue weighted by Crippen LogP contribution is -2.00. The summed E-state index contributed by atoms with van der Waals surface area (Å²) in [4.78, 5) is 33.6. The minimum atomic E-state index is 0.518. The lowest BCUT2D eigenvalue weighted by molar-refractivity contribution is 0.669. The van der Waals surface area contributed by atoms with Gasteiger partial charge in [-0.05, 0) is 41.5 Å². The molecule has 3 heterocycles. The molecular weight excluding hydrogens is 703 g/mol. The third-order valence-corrected chi connectivity index (χ3v) is 9.81. The van der Waals surface area contributed by atoms with Crippen molar-refractivity contribution in [1.82, 2.24) is 29.9 Å². The smallest absolute Gasteiger partial charge is 0.187 e. The van der Waals surface area contributed by atoms with E-state index in [1.807, 2.05) is 170 Å². The first-order valence-corrected chi connectivity index (χ1v) is 18.4. The minimum Gasteiger partial charge on any atom is -0.456 e. The molecule has 0 aliphatic rings. The van der Waals surface area contributed by atoms with Crippen LogP contribution in [0.25, 0.3) is 106 Å². The van der Waals surface area contributed by atoms with Crippen LogP contribution in [-0.2, 0) is 0 Å². The van der Waals surface area contributed by atoms with Crippen molar-refractivity contribution < 1.29 is 4.42 Å². The zero-order valence-corrected chi connectivity index (χ0v) is 30.3. The van der Waals surface area contributed by atoms with Crippen molar-refractivity contribution in [1.29, 1.82) is 0 Å². The molecule has 0 bridgehead atoms. The van der Waals surface area contributed by atoms with E-state index in [9.17, 15) is 0 Å². The number of aromatic nitrogens is 6. The highest BCUT2D eigenvalue weighted by atomic mass is 16.3. The quantitative estimate of drug-likeness (QED) is 0.151. The lowest BCUT2D eigenvalue weighted by atomic mass is 10.0. The van der Waals surface area contributed by atoms with E-state index in [1.54, 1.807) is 0 Å². The fourth-order valence-electron chi connectivity index (χ4n) is 7.00. The third-order valence-electron chi connectivity index (χ3n) is 9.81. The second-order valence-electron chi connectivity index (χ2n) is 13.4. The maximum atomic E-state index is 7.43. The topological polar surface area (TPSA) is 94.8 Å². The molecule has 0 amide bonds. The Kier molecular flexibility index (Phi) is 8.36. The van der Waals surface area contributed by atoms with Crippen molar-refractivity contribution in [2.45, 2.75) is 0 Å². The summed E-state index contributed by atoms with van der Waals surface area (Å²) in [5, 5.41) is 1.76. The summed E-state index contributed by atoms with van der Waals surface area (Å²) in [6.45, 7) is 7.43. The number of furan rings is 1. The first kappa shape index (κ1) is 33.4. The van der Waals surface area contributed by atoms with Gasteiger partial charge < -0.3 is 4.42 Å². The molecule has 0 N–H and O–H groups in total. The number of benzene rings is 7. The van der Waals surface area contributed by atoms with E-state index in [0.717, 1.165) is 60.9 Å². The van der Waals surface area contributed by atoms with Crippen LogP contribution in [0.3, 0.4) is 0 Å². The van der Waals surface area contributed by atoms with Gasteiger partial charge in [0.1, 0.15) is 11.2 Å². The summed E-state index contributed by atoms with van der Waals surface area (Å²) < 4.78 is 6.45. The van der Waals surface area contributed by atoms with Crippen LogP contribution in [-0.4, -0.2) is 29.9 Å². The Morgan fingerprint density at radius 2 is 0.807 bits per heavy atom. The summed E-state index contributed by atoms with van der Waals surface area (Å²) in [5.74, 6) is 3.35. The van der Waals surface area contributed by atoms with Gasteiger partial charge in [0.25, 0.3) is 0 Å². The van der Waals surface area contributed by atoms with Crippen LogP contribution in [0.1, 0.15) is 0 Å². The van der Waals surface area contributed by atoms with E-state index in [0.29, 0.717) is 46.2 Å². The Balaban J connectivity index is 1.13. The Hall–Kier alpha value is -8.15. The zero-order valence-electron chi connectivity index (χ0n) is 30.3. The fraction of sp³-hybridized carbons (Fsp3) is 0. The third kappa shape index (κ3) is 6.45. The molecule has 266 valence electrons. The van der Waals surface area contributed by atoms with E-state index in [-0.39, 0.29) is 0 Å². The van der Waals surface area contributed by atoms with E-state index >= 15 is 0 Å². The second kappa shape index (κ2) is 14.3. The minimum absolute atomic E-state index is 0.518. The molecule has 8 nitrogen and oxygen atoms in total. The Morgan fingerprint density at radius 3 is 1.37 bits per heavy atom. The molecule has 0 fully saturated rings. The average molecular weight is 732 g/mol. The lowest BCUT2D eigenvalue weighted by Gasteiger charge is -2.10. The van der Waals surface area contributed by atoms with Gasteiger partial charge in [-0.2, -0.15) is 0 Å². The highest BCUT2D eigenvalue weighted by molar-refractivity contribution is 6.12. The molecule has 10 aromatic rings. The van der Waals surface area contributed by atoms with Crippen molar-refractivity contribution in [3.63, 3.8) is 0 Å². The second-order valence-corrected chi connectivity index (χ2v) is 13.4. The van der Waals surface area contributed by atoms with Gasteiger partial charge in [0.15, 0.2) is 40.6 Å². The van der Waals surface area contributed by atoms with Crippen molar-refractivity contribution in [3.05, 3.63) is 187 Å². The Bertz CT molecular complexity index is 3060. The van der Waals surface area contributed by atoms with Gasteiger partial charge in [-0.25, -0.2) is 34.7 Å². The average Bonchev–Trinajstić information content (AvgIpc) is 3.68. The summed E-state index contributed by atoms with van der Waals surface area (Å²) in [5.41, 5.74) is 9.14. The van der Waals surface area contributed by atoms with Crippen molar-refractivity contribution in [3.8, 4) is 79.5 Å². The maximum Gasteiger partial charge on any atom is 0.187 e. The molecule has 0 spiro atoms. The Morgan fingerprint density at radius 1 is 0.351 bits per heavy atom. The van der Waals surface area contributed by atoms with E-state index < -0.39 is 0 Å². The molecular formula is C49H29N7O. The number of nitrogens with zero attached hydrogens (tertiary/aromatic N) is 7. The molecule has 7 aromatic carbocycles. The van der Waals surface area contributed by atoms with Crippen molar-refractivity contribution >= 4 is 27.6 Å². The Labute approximate surface area is 327 Å². The van der Waals surface area contributed by atoms with Crippen LogP contribution >= 0.6 is 0 Å². The predicted molar refractivity (Wildman–Crippen MR) is 225 cm³/mol. The summed E-state index contributed by atoms with van der Waals surface area (Å²) in [6, 6.07) is 57.5. The van der Waals surface area contributed by atoms with Crippen LogP contribution in [0, 0.1) is 6.57 Å². The molecule has 57 heavy (non-hydrogen) atoms. The molecule has 0 radical (unpaired) electrons. The number of rotatable bonds is 7. The first-order chi connectivity index (χ1) is 28.2. The zero-order chi connectivity index (χ0) is 38.1. The molecule has 0 aliphatic carbocycles. The van der Waals surface area contributed by atoms with Gasteiger partial charge >= 0.3 is 0 Å². The van der Waals surface area contributed by atoms with Crippen LogP contribution in [0.2, 0.25) is 0 Å². The first-order valence-electron chi connectivity index (χ1n) is 18.4. The maximum absolute atomic E-state index is 7.43. The van der Waals surface area contributed by atoms with Crippen molar-refractivity contribution in [2.75, 3.05) is 0 Å². The molecule has 0 aliphatic heterocycles. The highest BCUT2D eigenvalue weighted by Crippen LogP contribution is 2.38. The molecule has 10 rings (SSSR count). The van der Waals surface area contributed by atoms with Crippen LogP contribution in [0.4, 0.5) is 5.69 Å². The largest absolute Gasteiger partial charge is 0.456 e. The fourth-order valence-corrected chi connectivity index (χ4v) is 7.00. The number of fused-ring (bicyclic) bond motifs is 3. The molecule has 3 aromatic heterocycles.